The van der Waals surface area contributed by atoms with Gasteiger partial charge >= 0.3 is 5.97 Å². The molecular weight excluding hydrogens is 298 g/mol. The molecule has 0 aliphatic heterocycles. The molecule has 3 atom stereocenters. The van der Waals surface area contributed by atoms with Crippen molar-refractivity contribution in [1.29, 1.82) is 5.26 Å². The van der Waals surface area contributed by atoms with E-state index >= 15 is 0 Å². The molecule has 2 aliphatic carbocycles. The number of hydrogen-bond acceptors (Lipinski definition) is 3. The number of hydrogen-bond donors (Lipinski definition) is 0. The second kappa shape index (κ2) is 5.35. The Balaban J connectivity index is 2.01. The van der Waals surface area contributed by atoms with Crippen molar-refractivity contribution in [2.45, 2.75) is 23.7 Å². The quantitative estimate of drug-likeness (QED) is 0.628. The fraction of sp³-hybridized carbons (Fsp3) is 0.238. The minimum Gasteiger partial charge on any atom is -0.468 e. The fourth-order valence-electron chi connectivity index (χ4n) is 4.32. The molecule has 2 aliphatic rings. The van der Waals surface area contributed by atoms with Crippen LogP contribution in [0.2, 0.25) is 0 Å². The van der Waals surface area contributed by atoms with Gasteiger partial charge in [0.2, 0.25) is 0 Å². The van der Waals surface area contributed by atoms with Crippen LogP contribution in [0.15, 0.2) is 60.7 Å². The van der Waals surface area contributed by atoms with Gasteiger partial charge in [0.05, 0.1) is 19.1 Å². The van der Waals surface area contributed by atoms with Crippen molar-refractivity contribution in [1.82, 2.24) is 0 Å². The average Bonchev–Trinajstić information content (AvgIpc) is 2.99. The van der Waals surface area contributed by atoms with Gasteiger partial charge in [-0.1, -0.05) is 60.7 Å². The second-order valence-corrected chi connectivity index (χ2v) is 6.38. The van der Waals surface area contributed by atoms with Crippen LogP contribution in [0.5, 0.6) is 0 Å². The number of carbonyl (C=O) groups is 1. The van der Waals surface area contributed by atoms with E-state index in [1.54, 1.807) is 0 Å². The summed E-state index contributed by atoms with van der Waals surface area (Å²) in [7, 11) is 1.43. The van der Waals surface area contributed by atoms with Crippen LogP contribution in [0.4, 0.5) is 0 Å². The first kappa shape index (κ1) is 14.7. The molecule has 0 N–H and O–H groups in total. The van der Waals surface area contributed by atoms with Gasteiger partial charge in [-0.05, 0) is 28.7 Å². The maximum Gasteiger partial charge on any atom is 0.320 e. The molecule has 24 heavy (non-hydrogen) atoms. The standard InChI is InChI=1S/C21H17NO2/c1-24-20(23)21-11-10-16(13-22)17-9-5-8-15(19(17)21)12-18(21)14-6-3-2-4-7-14/h2-11,16,18H,12H2,1H3/t16-,18-,21-/m0/s1. The highest BCUT2D eigenvalue weighted by Gasteiger charge is 2.55. The summed E-state index contributed by atoms with van der Waals surface area (Å²) in [6, 6.07) is 18.4. The zero-order chi connectivity index (χ0) is 16.7. The monoisotopic (exact) mass is 315 g/mol. The van der Waals surface area contributed by atoms with Gasteiger partial charge in [0, 0.05) is 5.92 Å². The van der Waals surface area contributed by atoms with Gasteiger partial charge in [0.15, 0.2) is 0 Å². The average molecular weight is 315 g/mol. The molecule has 3 heteroatoms. The van der Waals surface area contributed by atoms with Gasteiger partial charge in [0.25, 0.3) is 0 Å². The molecule has 4 rings (SSSR count). The Hall–Kier alpha value is -2.86. The summed E-state index contributed by atoms with van der Waals surface area (Å²) in [6.07, 6.45) is 4.53. The summed E-state index contributed by atoms with van der Waals surface area (Å²) in [4.78, 5) is 12.9. The van der Waals surface area contributed by atoms with E-state index in [0.717, 1.165) is 28.7 Å². The Morgan fingerprint density at radius 1 is 1.21 bits per heavy atom. The Bertz CT molecular complexity index is 878. The van der Waals surface area contributed by atoms with E-state index in [-0.39, 0.29) is 17.8 Å². The summed E-state index contributed by atoms with van der Waals surface area (Å²) in [6.45, 7) is 0. The molecule has 0 unspecified atom stereocenters. The number of rotatable bonds is 2. The number of esters is 1. The van der Waals surface area contributed by atoms with Gasteiger partial charge in [-0.3, -0.25) is 4.79 Å². The fourth-order valence-corrected chi connectivity index (χ4v) is 4.32. The molecule has 0 aromatic heterocycles. The molecule has 3 nitrogen and oxygen atoms in total. The van der Waals surface area contributed by atoms with Crippen LogP contribution in [0.25, 0.3) is 0 Å². The van der Waals surface area contributed by atoms with E-state index in [1.165, 1.54) is 7.11 Å². The van der Waals surface area contributed by atoms with E-state index in [0.29, 0.717) is 0 Å². The SMILES string of the molecule is COC(=O)[C@]12C=C[C@@H](C#N)c3cccc(c31)C[C@H]2c1ccccc1. The van der Waals surface area contributed by atoms with Crippen LogP contribution in [0.3, 0.4) is 0 Å². The summed E-state index contributed by atoms with van der Waals surface area (Å²) in [5.74, 6) is -0.583. The minimum atomic E-state index is -0.838. The van der Waals surface area contributed by atoms with Crippen LogP contribution in [0.1, 0.15) is 34.1 Å². The number of carbonyl (C=O) groups excluding carboxylic acids is 1. The second-order valence-electron chi connectivity index (χ2n) is 6.38. The zero-order valence-corrected chi connectivity index (χ0v) is 13.4. The molecule has 0 saturated heterocycles. The van der Waals surface area contributed by atoms with Crippen LogP contribution in [-0.2, 0) is 21.4 Å². The molecule has 2 aromatic carbocycles. The van der Waals surface area contributed by atoms with Gasteiger partial charge in [-0.2, -0.15) is 5.26 Å². The smallest absolute Gasteiger partial charge is 0.320 e. The van der Waals surface area contributed by atoms with Gasteiger partial charge in [0.1, 0.15) is 5.41 Å². The largest absolute Gasteiger partial charge is 0.468 e. The number of benzene rings is 2. The van der Waals surface area contributed by atoms with Crippen molar-refractivity contribution in [3.05, 3.63) is 82.9 Å². The Labute approximate surface area is 141 Å². The minimum absolute atomic E-state index is 0.0156. The summed E-state index contributed by atoms with van der Waals surface area (Å²) in [5, 5.41) is 9.48. The van der Waals surface area contributed by atoms with Crippen molar-refractivity contribution in [2.24, 2.45) is 0 Å². The highest BCUT2D eigenvalue weighted by molar-refractivity contribution is 5.91. The molecule has 0 radical (unpaired) electrons. The first-order valence-corrected chi connectivity index (χ1v) is 8.07. The number of nitrogens with zero attached hydrogens (tertiary/aromatic N) is 1. The molecular formula is C21H17NO2. The van der Waals surface area contributed by atoms with Crippen LogP contribution >= 0.6 is 0 Å². The number of allylic oxidation sites excluding steroid dienone is 1. The zero-order valence-electron chi connectivity index (χ0n) is 13.4. The Morgan fingerprint density at radius 3 is 2.71 bits per heavy atom. The lowest BCUT2D eigenvalue weighted by atomic mass is 9.66. The van der Waals surface area contributed by atoms with Gasteiger partial charge in [-0.15, -0.1) is 0 Å². The maximum atomic E-state index is 12.9. The van der Waals surface area contributed by atoms with Crippen LogP contribution in [-0.4, -0.2) is 13.1 Å². The van der Waals surface area contributed by atoms with Crippen molar-refractivity contribution < 1.29 is 9.53 Å². The van der Waals surface area contributed by atoms with E-state index in [2.05, 4.69) is 24.3 Å². The lowest BCUT2D eigenvalue weighted by Crippen LogP contribution is -2.40. The maximum absolute atomic E-state index is 12.9. The van der Waals surface area contributed by atoms with Crippen molar-refractivity contribution in [3.8, 4) is 6.07 Å². The predicted molar refractivity (Wildman–Crippen MR) is 90.5 cm³/mol. The van der Waals surface area contributed by atoms with E-state index in [9.17, 15) is 10.1 Å². The molecule has 0 bridgehead atoms. The third kappa shape index (κ3) is 1.80. The topological polar surface area (TPSA) is 50.1 Å². The molecule has 0 amide bonds. The van der Waals surface area contributed by atoms with E-state index in [1.807, 2.05) is 42.5 Å². The predicted octanol–water partition coefficient (Wildman–Crippen LogP) is 3.61. The molecule has 0 heterocycles. The molecule has 2 aromatic rings. The first-order valence-electron chi connectivity index (χ1n) is 8.07. The normalized spacial score (nSPS) is 26.5. The van der Waals surface area contributed by atoms with Crippen molar-refractivity contribution >= 4 is 5.97 Å². The van der Waals surface area contributed by atoms with Crippen LogP contribution in [0, 0.1) is 11.3 Å². The molecule has 0 spiro atoms. The summed E-state index contributed by atoms with van der Waals surface area (Å²) < 4.78 is 5.22. The van der Waals surface area contributed by atoms with Gasteiger partial charge < -0.3 is 4.74 Å². The number of nitriles is 1. The third-order valence-corrected chi connectivity index (χ3v) is 5.32. The Kier molecular flexibility index (Phi) is 3.28. The number of methoxy groups -OCH3 is 1. The van der Waals surface area contributed by atoms with Crippen molar-refractivity contribution in [2.75, 3.05) is 7.11 Å². The lowest BCUT2D eigenvalue weighted by molar-refractivity contribution is -0.146. The van der Waals surface area contributed by atoms with Crippen LogP contribution < -0.4 is 0 Å². The third-order valence-electron chi connectivity index (χ3n) is 5.32. The molecule has 0 fully saturated rings. The highest BCUT2D eigenvalue weighted by Crippen LogP contribution is 2.55. The summed E-state index contributed by atoms with van der Waals surface area (Å²) >= 11 is 0. The van der Waals surface area contributed by atoms with Crippen molar-refractivity contribution in [3.63, 3.8) is 0 Å². The highest BCUT2D eigenvalue weighted by atomic mass is 16.5. The Morgan fingerprint density at radius 2 is 2.00 bits per heavy atom. The van der Waals surface area contributed by atoms with Gasteiger partial charge in [-0.25, -0.2) is 0 Å². The number of ether oxygens (including phenoxy) is 1. The summed E-state index contributed by atoms with van der Waals surface area (Å²) in [5.41, 5.74) is 3.32. The molecule has 118 valence electrons. The molecule has 0 saturated carbocycles. The first-order chi connectivity index (χ1) is 11.7. The van der Waals surface area contributed by atoms with E-state index < -0.39 is 5.41 Å². The lowest BCUT2D eigenvalue weighted by Gasteiger charge is -2.35. The van der Waals surface area contributed by atoms with E-state index in [4.69, 9.17) is 4.74 Å².